The summed E-state index contributed by atoms with van der Waals surface area (Å²) in [7, 11) is 0. The molecular weight excluding hydrogens is 550 g/mol. The molecule has 2 N–H and O–H groups in total. The summed E-state index contributed by atoms with van der Waals surface area (Å²) >= 11 is 0. The van der Waals surface area contributed by atoms with Crippen molar-refractivity contribution in [2.75, 3.05) is 37.7 Å². The Bertz CT molecular complexity index is 1800. The van der Waals surface area contributed by atoms with Crippen LogP contribution >= 0.6 is 0 Å². The molecular formula is C33H32F2N6O2. The van der Waals surface area contributed by atoms with Crippen molar-refractivity contribution in [3.63, 3.8) is 0 Å². The predicted octanol–water partition coefficient (Wildman–Crippen LogP) is 4.76. The molecule has 4 aromatic rings. The van der Waals surface area contributed by atoms with Gasteiger partial charge in [0, 0.05) is 42.3 Å². The molecule has 2 aromatic heterocycles. The van der Waals surface area contributed by atoms with Gasteiger partial charge in [-0.15, -0.1) is 6.42 Å². The maximum Gasteiger partial charge on any atom is 0.319 e. The largest absolute Gasteiger partial charge is 0.508 e. The van der Waals surface area contributed by atoms with E-state index < -0.39 is 11.6 Å². The molecule has 4 saturated heterocycles. The third-order valence-electron chi connectivity index (χ3n) is 9.89. The molecule has 0 saturated carbocycles. The third-order valence-corrected chi connectivity index (χ3v) is 9.89. The molecule has 0 aliphatic carbocycles. The number of phenolic OH excluding ortho intramolecular Hbond substituents is 1. The number of ether oxygens (including phenoxy) is 1. The van der Waals surface area contributed by atoms with Crippen LogP contribution in [-0.4, -0.2) is 75.4 Å². The first kappa shape index (κ1) is 26.5. The summed E-state index contributed by atoms with van der Waals surface area (Å²) in [5.41, 5.74) is 0.136. The lowest BCUT2D eigenvalue weighted by Crippen LogP contribution is -2.51. The molecule has 2 bridgehead atoms. The lowest BCUT2D eigenvalue weighted by molar-refractivity contribution is 0.108. The summed E-state index contributed by atoms with van der Waals surface area (Å²) in [6, 6.07) is 6.39. The first-order valence-electron chi connectivity index (χ1n) is 15.1. The van der Waals surface area contributed by atoms with Crippen molar-refractivity contribution in [2.24, 2.45) is 0 Å². The van der Waals surface area contributed by atoms with Crippen LogP contribution in [-0.2, 0) is 0 Å². The van der Waals surface area contributed by atoms with Crippen molar-refractivity contribution < 1.29 is 18.6 Å². The average molecular weight is 583 g/mol. The van der Waals surface area contributed by atoms with E-state index >= 15 is 4.39 Å². The molecule has 10 heteroatoms. The fraction of sp³-hybridized carbons (Fsp3) is 0.424. The molecule has 220 valence electrons. The lowest BCUT2D eigenvalue weighted by atomic mass is 9.95. The maximum atomic E-state index is 16.7. The second kappa shape index (κ2) is 10.00. The summed E-state index contributed by atoms with van der Waals surface area (Å²) in [5, 5.41) is 15.4. The van der Waals surface area contributed by atoms with E-state index in [-0.39, 0.29) is 39.6 Å². The Morgan fingerprint density at radius 2 is 1.86 bits per heavy atom. The average Bonchev–Trinajstić information content (AvgIpc) is 3.69. The van der Waals surface area contributed by atoms with Crippen LogP contribution < -0.4 is 15.0 Å². The molecule has 6 heterocycles. The monoisotopic (exact) mass is 582 g/mol. The van der Waals surface area contributed by atoms with Crippen LogP contribution in [0, 0.1) is 24.0 Å². The van der Waals surface area contributed by atoms with Crippen LogP contribution in [0.1, 0.15) is 44.1 Å². The SMILES string of the molecule is C#Cc1c(F)ccc2cc(O)cc(-c3ncc4c(N5C[C@H]6CC[C@@H](C5)N6)nc(OCC56CCCN5CCC6)nc4c3F)c12. The number of fused-ring (bicyclic) bond motifs is 5. The fourth-order valence-corrected chi connectivity index (χ4v) is 7.90. The second-order valence-corrected chi connectivity index (χ2v) is 12.4. The van der Waals surface area contributed by atoms with Gasteiger partial charge < -0.3 is 20.1 Å². The Hall–Kier alpha value is -4.07. The van der Waals surface area contributed by atoms with E-state index in [2.05, 4.69) is 31.0 Å². The fourth-order valence-electron chi connectivity index (χ4n) is 7.90. The number of nitrogens with one attached hydrogen (secondary N) is 1. The first-order chi connectivity index (χ1) is 20.9. The quantitative estimate of drug-likeness (QED) is 0.326. The molecule has 2 atom stereocenters. The van der Waals surface area contributed by atoms with Crippen LogP contribution in [0.25, 0.3) is 32.9 Å². The highest BCUT2D eigenvalue weighted by molar-refractivity contribution is 6.03. The van der Waals surface area contributed by atoms with Gasteiger partial charge in [-0.1, -0.05) is 12.0 Å². The van der Waals surface area contributed by atoms with E-state index in [0.717, 1.165) is 64.7 Å². The van der Waals surface area contributed by atoms with Crippen molar-refractivity contribution in [1.29, 1.82) is 0 Å². The molecule has 4 fully saturated rings. The van der Waals surface area contributed by atoms with Crippen LogP contribution in [0.2, 0.25) is 0 Å². The van der Waals surface area contributed by atoms with Crippen LogP contribution in [0.3, 0.4) is 0 Å². The summed E-state index contributed by atoms with van der Waals surface area (Å²) < 4.78 is 37.8. The van der Waals surface area contributed by atoms with Crippen LogP contribution in [0.5, 0.6) is 11.8 Å². The number of pyridine rings is 1. The predicted molar refractivity (Wildman–Crippen MR) is 160 cm³/mol. The van der Waals surface area contributed by atoms with Gasteiger partial charge in [0.2, 0.25) is 0 Å². The number of aromatic hydroxyl groups is 1. The summed E-state index contributed by atoms with van der Waals surface area (Å²) in [6.07, 6.45) is 13.8. The Kier molecular flexibility index (Phi) is 6.17. The molecule has 4 aliphatic rings. The molecule has 0 amide bonds. The number of piperazine rings is 1. The van der Waals surface area contributed by atoms with Gasteiger partial charge in [-0.3, -0.25) is 9.88 Å². The van der Waals surface area contributed by atoms with E-state index in [4.69, 9.17) is 16.1 Å². The van der Waals surface area contributed by atoms with Gasteiger partial charge >= 0.3 is 6.01 Å². The number of phenols is 1. The summed E-state index contributed by atoms with van der Waals surface area (Å²) in [4.78, 5) is 18.7. The van der Waals surface area contributed by atoms with E-state index in [9.17, 15) is 9.50 Å². The molecule has 2 aromatic carbocycles. The molecule has 0 spiro atoms. The lowest BCUT2D eigenvalue weighted by Gasteiger charge is -2.34. The number of nitrogens with zero attached hydrogens (tertiary/aromatic N) is 5. The number of anilines is 1. The van der Waals surface area contributed by atoms with Gasteiger partial charge in [-0.05, 0) is 75.2 Å². The van der Waals surface area contributed by atoms with Gasteiger partial charge in [-0.25, -0.2) is 8.78 Å². The molecule has 4 aliphatic heterocycles. The normalized spacial score (nSPS) is 22.8. The number of rotatable bonds is 5. The zero-order valence-electron chi connectivity index (χ0n) is 23.7. The van der Waals surface area contributed by atoms with Crippen LogP contribution in [0.15, 0.2) is 30.5 Å². The van der Waals surface area contributed by atoms with Gasteiger partial charge in [0.15, 0.2) is 5.82 Å². The van der Waals surface area contributed by atoms with Crippen molar-refractivity contribution >= 4 is 27.5 Å². The number of aromatic nitrogens is 3. The van der Waals surface area contributed by atoms with E-state index in [0.29, 0.717) is 40.7 Å². The van der Waals surface area contributed by atoms with Crippen LogP contribution in [0.4, 0.5) is 14.6 Å². The topological polar surface area (TPSA) is 86.6 Å². The zero-order valence-corrected chi connectivity index (χ0v) is 23.7. The maximum absolute atomic E-state index is 16.7. The van der Waals surface area contributed by atoms with Gasteiger partial charge in [-0.2, -0.15) is 9.97 Å². The highest BCUT2D eigenvalue weighted by Gasteiger charge is 2.45. The van der Waals surface area contributed by atoms with Gasteiger partial charge in [0.1, 0.15) is 35.2 Å². The van der Waals surface area contributed by atoms with Crippen molar-refractivity contribution in [3.05, 3.63) is 47.7 Å². The number of hydrogen-bond donors (Lipinski definition) is 2. The Labute approximate surface area is 248 Å². The van der Waals surface area contributed by atoms with Crippen molar-refractivity contribution in [2.45, 2.75) is 56.1 Å². The highest BCUT2D eigenvalue weighted by atomic mass is 19.1. The smallest absolute Gasteiger partial charge is 0.319 e. The molecule has 43 heavy (non-hydrogen) atoms. The number of benzene rings is 2. The minimum absolute atomic E-state index is 0.0191. The number of halogens is 2. The van der Waals surface area contributed by atoms with Crippen molar-refractivity contribution in [3.8, 4) is 35.4 Å². The zero-order chi connectivity index (χ0) is 29.3. The second-order valence-electron chi connectivity index (χ2n) is 12.4. The van der Waals surface area contributed by atoms with Crippen molar-refractivity contribution in [1.82, 2.24) is 25.2 Å². The highest BCUT2D eigenvalue weighted by Crippen LogP contribution is 2.41. The van der Waals surface area contributed by atoms with Gasteiger partial charge in [0.05, 0.1) is 16.5 Å². The molecule has 0 unspecified atom stereocenters. The third kappa shape index (κ3) is 4.28. The minimum atomic E-state index is -0.704. The van der Waals surface area contributed by atoms with Gasteiger partial charge in [0.25, 0.3) is 0 Å². The Morgan fingerprint density at radius 1 is 1.09 bits per heavy atom. The summed E-state index contributed by atoms with van der Waals surface area (Å²) in [6.45, 7) is 4.07. The van der Waals surface area contributed by atoms with E-state index in [1.165, 1.54) is 24.3 Å². The Morgan fingerprint density at radius 3 is 2.60 bits per heavy atom. The number of hydrogen-bond acceptors (Lipinski definition) is 8. The van der Waals surface area contributed by atoms with E-state index in [1.54, 1.807) is 6.20 Å². The number of terminal acetylenes is 1. The first-order valence-corrected chi connectivity index (χ1v) is 15.1. The van der Waals surface area contributed by atoms with E-state index in [1.807, 2.05) is 0 Å². The minimum Gasteiger partial charge on any atom is -0.508 e. The molecule has 8 nitrogen and oxygen atoms in total. The Balaban J connectivity index is 1.28. The summed E-state index contributed by atoms with van der Waals surface area (Å²) in [5.74, 6) is 1.57. The molecule has 8 rings (SSSR count). The molecule has 0 radical (unpaired) electrons. The standard InChI is InChI=1S/C33H32F2N6O2/c1-2-23-26(34)8-5-19-13-22(42)14-24(27(19)23)29-28(35)30-25(15-36-29)31(40-16-20-6-7-21(17-40)37-20)39-32(38-30)43-18-33-9-3-11-41(33)12-4-10-33/h1,5,8,13-15,20-21,37,42H,3-4,6-7,9-12,16-18H2/t20-,21+.